The zero-order valence-corrected chi connectivity index (χ0v) is 12.5. The Bertz CT molecular complexity index is 431. The Morgan fingerprint density at radius 3 is 2.79 bits per heavy atom. The van der Waals surface area contributed by atoms with E-state index in [0.29, 0.717) is 6.04 Å². The van der Waals surface area contributed by atoms with Crippen molar-refractivity contribution >= 4 is 11.8 Å². The highest BCUT2D eigenvalue weighted by Gasteiger charge is 2.30. The summed E-state index contributed by atoms with van der Waals surface area (Å²) in [6.45, 7) is 1.16. The minimum atomic E-state index is 0.162. The summed E-state index contributed by atoms with van der Waals surface area (Å²) in [6.07, 6.45) is 4.07. The molecule has 0 radical (unpaired) electrons. The molecule has 1 aromatic carbocycles. The fourth-order valence-electron chi connectivity index (χ4n) is 3.20. The van der Waals surface area contributed by atoms with Gasteiger partial charge in [0.05, 0.1) is 0 Å². The van der Waals surface area contributed by atoms with E-state index in [-0.39, 0.29) is 6.04 Å². The molecule has 2 atom stereocenters. The van der Waals surface area contributed by atoms with Crippen molar-refractivity contribution in [1.29, 1.82) is 0 Å². The zero-order chi connectivity index (χ0) is 13.2. The molecule has 0 spiro atoms. The molecule has 2 unspecified atom stereocenters. The molecule has 3 heteroatoms. The molecule has 1 aromatic rings. The van der Waals surface area contributed by atoms with Gasteiger partial charge in [-0.1, -0.05) is 30.7 Å². The standard InChI is InChI=1S/C16H24N2S/c1-18-9-10-19-11-15(18)16(17)14-8-3-2-7-13(14)12-5-4-6-12/h2-3,7-8,12,15-16H,4-6,9-11,17H2,1H3. The number of hydrogen-bond donors (Lipinski definition) is 1. The molecule has 3 rings (SSSR count). The lowest BCUT2D eigenvalue weighted by Crippen LogP contribution is -2.46. The van der Waals surface area contributed by atoms with E-state index >= 15 is 0 Å². The fraction of sp³-hybridized carbons (Fsp3) is 0.625. The molecule has 1 aliphatic heterocycles. The van der Waals surface area contributed by atoms with Crippen LogP contribution in [0.25, 0.3) is 0 Å². The van der Waals surface area contributed by atoms with Gasteiger partial charge in [0.2, 0.25) is 0 Å². The Morgan fingerprint density at radius 1 is 1.32 bits per heavy atom. The predicted octanol–water partition coefficient (Wildman–Crippen LogP) is 3.00. The second kappa shape index (κ2) is 5.86. The van der Waals surface area contributed by atoms with Gasteiger partial charge in [0, 0.05) is 30.1 Å². The van der Waals surface area contributed by atoms with Crippen LogP contribution in [0.1, 0.15) is 42.3 Å². The van der Waals surface area contributed by atoms with Crippen LogP contribution in [-0.2, 0) is 0 Å². The molecule has 1 heterocycles. The van der Waals surface area contributed by atoms with E-state index in [2.05, 4.69) is 36.2 Å². The lowest BCUT2D eigenvalue weighted by atomic mass is 9.76. The van der Waals surface area contributed by atoms with Crippen molar-refractivity contribution in [2.24, 2.45) is 5.73 Å². The van der Waals surface area contributed by atoms with Crippen LogP contribution in [0.4, 0.5) is 0 Å². The van der Waals surface area contributed by atoms with Crippen LogP contribution < -0.4 is 5.73 Å². The molecule has 104 valence electrons. The van der Waals surface area contributed by atoms with Crippen molar-refractivity contribution in [2.45, 2.75) is 37.3 Å². The average Bonchev–Trinajstić information content (AvgIpc) is 2.37. The van der Waals surface area contributed by atoms with E-state index in [1.54, 1.807) is 0 Å². The molecular formula is C16H24N2S. The normalized spacial score (nSPS) is 26.9. The van der Waals surface area contributed by atoms with Gasteiger partial charge in [-0.25, -0.2) is 0 Å². The molecule has 1 saturated carbocycles. The smallest absolute Gasteiger partial charge is 0.0463 e. The Kier molecular flexibility index (Phi) is 4.15. The summed E-state index contributed by atoms with van der Waals surface area (Å²) in [6, 6.07) is 9.52. The third-order valence-corrected chi connectivity index (χ3v) is 5.81. The molecule has 2 N–H and O–H groups in total. The van der Waals surface area contributed by atoms with E-state index in [9.17, 15) is 0 Å². The quantitative estimate of drug-likeness (QED) is 0.920. The summed E-state index contributed by atoms with van der Waals surface area (Å²) < 4.78 is 0. The highest BCUT2D eigenvalue weighted by Crippen LogP contribution is 2.40. The molecule has 0 bridgehead atoms. The first-order chi connectivity index (χ1) is 9.27. The fourth-order valence-corrected chi connectivity index (χ4v) is 4.48. The summed E-state index contributed by atoms with van der Waals surface area (Å²) >= 11 is 2.04. The lowest BCUT2D eigenvalue weighted by Gasteiger charge is -2.38. The number of thioether (sulfide) groups is 1. The molecule has 2 nitrogen and oxygen atoms in total. The van der Waals surface area contributed by atoms with Crippen molar-refractivity contribution in [3.63, 3.8) is 0 Å². The Hall–Kier alpha value is -0.510. The first-order valence-electron chi connectivity index (χ1n) is 7.40. The van der Waals surface area contributed by atoms with Gasteiger partial charge in [-0.2, -0.15) is 11.8 Å². The minimum Gasteiger partial charge on any atom is -0.323 e. The summed E-state index contributed by atoms with van der Waals surface area (Å²) in [7, 11) is 2.22. The summed E-state index contributed by atoms with van der Waals surface area (Å²) in [5.74, 6) is 3.17. The zero-order valence-electron chi connectivity index (χ0n) is 11.7. The van der Waals surface area contributed by atoms with Crippen LogP contribution >= 0.6 is 11.8 Å². The maximum Gasteiger partial charge on any atom is 0.0463 e. The van der Waals surface area contributed by atoms with E-state index in [1.165, 1.54) is 36.1 Å². The van der Waals surface area contributed by atoms with Crippen LogP contribution in [0, 0.1) is 0 Å². The molecule has 0 aromatic heterocycles. The molecule has 2 aliphatic rings. The maximum atomic E-state index is 6.62. The van der Waals surface area contributed by atoms with Gasteiger partial charge in [0.25, 0.3) is 0 Å². The van der Waals surface area contributed by atoms with Crippen molar-refractivity contribution in [2.75, 3.05) is 25.1 Å². The third-order valence-electron chi connectivity index (χ3n) is 4.76. The van der Waals surface area contributed by atoms with Gasteiger partial charge in [0.1, 0.15) is 0 Å². The molecule has 1 saturated heterocycles. The largest absolute Gasteiger partial charge is 0.323 e. The number of likely N-dealkylation sites (N-methyl/N-ethyl adjacent to an activating group) is 1. The van der Waals surface area contributed by atoms with Gasteiger partial charge in [-0.15, -0.1) is 0 Å². The number of nitrogens with zero attached hydrogens (tertiary/aromatic N) is 1. The van der Waals surface area contributed by atoms with Crippen molar-refractivity contribution in [3.05, 3.63) is 35.4 Å². The SMILES string of the molecule is CN1CCSCC1C(N)c1ccccc1C1CCC1. The number of hydrogen-bond acceptors (Lipinski definition) is 3. The van der Waals surface area contributed by atoms with Crippen molar-refractivity contribution < 1.29 is 0 Å². The number of rotatable bonds is 3. The average molecular weight is 276 g/mol. The Labute approximate surface area is 120 Å². The van der Waals surface area contributed by atoms with Gasteiger partial charge < -0.3 is 5.73 Å². The van der Waals surface area contributed by atoms with Gasteiger partial charge in [-0.05, 0) is 36.9 Å². The summed E-state index contributed by atoms with van der Waals surface area (Å²) in [5, 5.41) is 0. The van der Waals surface area contributed by atoms with Crippen LogP contribution in [0.15, 0.2) is 24.3 Å². The Morgan fingerprint density at radius 2 is 2.11 bits per heavy atom. The molecule has 2 fully saturated rings. The van der Waals surface area contributed by atoms with Crippen molar-refractivity contribution in [3.8, 4) is 0 Å². The molecule has 1 aliphatic carbocycles. The molecular weight excluding hydrogens is 252 g/mol. The first kappa shape index (κ1) is 13.5. The van der Waals surface area contributed by atoms with Gasteiger partial charge >= 0.3 is 0 Å². The van der Waals surface area contributed by atoms with Crippen LogP contribution in [-0.4, -0.2) is 36.0 Å². The van der Waals surface area contributed by atoms with Crippen LogP contribution in [0.5, 0.6) is 0 Å². The number of benzene rings is 1. The van der Waals surface area contributed by atoms with Crippen LogP contribution in [0.3, 0.4) is 0 Å². The topological polar surface area (TPSA) is 29.3 Å². The summed E-state index contributed by atoms with van der Waals surface area (Å²) in [4.78, 5) is 2.44. The second-order valence-corrected chi connectivity index (χ2v) is 7.06. The maximum absolute atomic E-state index is 6.62. The Balaban J connectivity index is 1.84. The number of nitrogens with two attached hydrogens (primary N) is 1. The van der Waals surface area contributed by atoms with E-state index in [0.717, 1.165) is 18.2 Å². The highest BCUT2D eigenvalue weighted by molar-refractivity contribution is 7.99. The molecule has 0 amide bonds. The third kappa shape index (κ3) is 2.69. The monoisotopic (exact) mass is 276 g/mol. The van der Waals surface area contributed by atoms with Crippen molar-refractivity contribution in [1.82, 2.24) is 4.90 Å². The van der Waals surface area contributed by atoms with Gasteiger partial charge in [-0.3, -0.25) is 4.90 Å². The van der Waals surface area contributed by atoms with E-state index in [1.807, 2.05) is 11.8 Å². The van der Waals surface area contributed by atoms with Gasteiger partial charge in [0.15, 0.2) is 0 Å². The van der Waals surface area contributed by atoms with E-state index < -0.39 is 0 Å². The summed E-state index contributed by atoms with van der Waals surface area (Å²) in [5.41, 5.74) is 9.54. The predicted molar refractivity (Wildman–Crippen MR) is 83.7 cm³/mol. The van der Waals surface area contributed by atoms with E-state index in [4.69, 9.17) is 5.73 Å². The first-order valence-corrected chi connectivity index (χ1v) is 8.55. The highest BCUT2D eigenvalue weighted by atomic mass is 32.2. The minimum absolute atomic E-state index is 0.162. The second-order valence-electron chi connectivity index (χ2n) is 5.91. The molecule has 19 heavy (non-hydrogen) atoms. The van der Waals surface area contributed by atoms with Crippen LogP contribution in [0.2, 0.25) is 0 Å². The lowest BCUT2D eigenvalue weighted by molar-refractivity contribution is 0.236.